The Hall–Kier alpha value is -1.72. The Bertz CT molecular complexity index is 142. The largest absolute Gasteiger partial charge is 0.445 e. The van der Waals surface area contributed by atoms with E-state index in [-0.39, 0.29) is 6.61 Å². The maximum absolute atomic E-state index is 9.71. The minimum atomic E-state index is -0.833. The van der Waals surface area contributed by atoms with Crippen LogP contribution in [0, 0.1) is 0 Å². The number of carbonyl (C=O) groups excluding carboxylic acids is 2. The van der Waals surface area contributed by atoms with Gasteiger partial charge in [0.2, 0.25) is 0 Å². The topological polar surface area (TPSA) is 121 Å². The molecular formula is C5H11N3O3. The van der Waals surface area contributed by atoms with Gasteiger partial charge in [0, 0.05) is 0 Å². The lowest BCUT2D eigenvalue weighted by Gasteiger charge is -1.90. The SMILES string of the molecule is C=CCOC(N)=O.NC(N)=O. The summed E-state index contributed by atoms with van der Waals surface area (Å²) in [6.45, 7) is 3.49. The lowest BCUT2D eigenvalue weighted by molar-refractivity contribution is 0.169. The van der Waals surface area contributed by atoms with Gasteiger partial charge < -0.3 is 21.9 Å². The maximum atomic E-state index is 9.71. The molecule has 0 radical (unpaired) electrons. The van der Waals surface area contributed by atoms with Crippen molar-refractivity contribution >= 4 is 12.1 Å². The van der Waals surface area contributed by atoms with Crippen molar-refractivity contribution in [3.05, 3.63) is 12.7 Å². The first-order valence-corrected chi connectivity index (χ1v) is 2.58. The highest BCUT2D eigenvalue weighted by atomic mass is 16.5. The summed E-state index contributed by atoms with van der Waals surface area (Å²) in [5.41, 5.74) is 13.1. The van der Waals surface area contributed by atoms with Gasteiger partial charge in [0.25, 0.3) is 0 Å². The lowest BCUT2D eigenvalue weighted by atomic mass is 10.7. The molecule has 0 heterocycles. The first-order chi connectivity index (χ1) is 5.00. The second-order valence-electron chi connectivity index (χ2n) is 1.32. The van der Waals surface area contributed by atoms with Crippen molar-refractivity contribution in [1.82, 2.24) is 0 Å². The van der Waals surface area contributed by atoms with Crippen LogP contribution in [0.3, 0.4) is 0 Å². The van der Waals surface area contributed by atoms with Crippen LogP contribution in [0.1, 0.15) is 0 Å². The van der Waals surface area contributed by atoms with Gasteiger partial charge in [0.15, 0.2) is 0 Å². The molecule has 6 N–H and O–H groups in total. The third kappa shape index (κ3) is 62.8. The average molecular weight is 161 g/mol. The van der Waals surface area contributed by atoms with Crippen LogP contribution in [0.2, 0.25) is 0 Å². The summed E-state index contributed by atoms with van der Waals surface area (Å²) in [4.78, 5) is 18.7. The number of primary amides is 3. The highest BCUT2D eigenvalue weighted by Gasteiger charge is 1.84. The van der Waals surface area contributed by atoms with Crippen LogP contribution in [0.4, 0.5) is 9.59 Å². The third-order valence-electron chi connectivity index (χ3n) is 0.343. The summed E-state index contributed by atoms with van der Waals surface area (Å²) in [7, 11) is 0. The summed E-state index contributed by atoms with van der Waals surface area (Å²) in [6, 6.07) is -0.833. The second-order valence-corrected chi connectivity index (χ2v) is 1.32. The number of nitrogens with two attached hydrogens (primary N) is 3. The van der Waals surface area contributed by atoms with Crippen molar-refractivity contribution in [3.63, 3.8) is 0 Å². The lowest BCUT2D eigenvalue weighted by Crippen LogP contribution is -2.18. The number of ether oxygens (including phenoxy) is 1. The zero-order valence-electron chi connectivity index (χ0n) is 5.95. The molecule has 0 unspecified atom stereocenters. The van der Waals surface area contributed by atoms with Crippen molar-refractivity contribution in [3.8, 4) is 0 Å². The first-order valence-electron chi connectivity index (χ1n) is 2.58. The van der Waals surface area contributed by atoms with E-state index >= 15 is 0 Å². The molecule has 0 rings (SSSR count). The highest BCUT2D eigenvalue weighted by Crippen LogP contribution is 1.70. The van der Waals surface area contributed by atoms with Crippen LogP contribution in [-0.4, -0.2) is 18.7 Å². The zero-order chi connectivity index (χ0) is 9.28. The molecule has 0 aromatic heterocycles. The number of urea groups is 1. The van der Waals surface area contributed by atoms with Gasteiger partial charge in [-0.25, -0.2) is 9.59 Å². The standard InChI is InChI=1S/C4H7NO2.CH4N2O/c1-2-3-7-4(5)6;2-1(3)4/h2H,1,3H2,(H2,5,6);(H4,2,3,4). The van der Waals surface area contributed by atoms with Crippen molar-refractivity contribution in [2.45, 2.75) is 0 Å². The van der Waals surface area contributed by atoms with Gasteiger partial charge in [-0.15, -0.1) is 0 Å². The quantitative estimate of drug-likeness (QED) is 0.463. The molecule has 0 atom stereocenters. The molecule has 0 fully saturated rings. The van der Waals surface area contributed by atoms with Gasteiger partial charge in [-0.05, 0) is 0 Å². The van der Waals surface area contributed by atoms with E-state index < -0.39 is 12.1 Å². The molecule has 0 aliphatic rings. The molecule has 0 aromatic rings. The minimum absolute atomic E-state index is 0.190. The van der Waals surface area contributed by atoms with Gasteiger partial charge >= 0.3 is 12.1 Å². The van der Waals surface area contributed by atoms with E-state index in [2.05, 4.69) is 28.5 Å². The molecule has 6 heteroatoms. The fraction of sp³-hybridized carbons (Fsp3) is 0.200. The van der Waals surface area contributed by atoms with E-state index in [1.54, 1.807) is 0 Å². The Morgan fingerprint density at radius 2 is 1.73 bits per heavy atom. The van der Waals surface area contributed by atoms with Crippen LogP contribution in [-0.2, 0) is 4.74 Å². The average Bonchev–Trinajstić information content (AvgIpc) is 1.82. The Kier molecular flexibility index (Phi) is 9.04. The highest BCUT2D eigenvalue weighted by molar-refractivity contribution is 5.69. The van der Waals surface area contributed by atoms with Gasteiger partial charge in [-0.1, -0.05) is 12.7 Å². The van der Waals surface area contributed by atoms with E-state index in [1.165, 1.54) is 6.08 Å². The maximum Gasteiger partial charge on any atom is 0.404 e. The van der Waals surface area contributed by atoms with Crippen LogP contribution in [0.5, 0.6) is 0 Å². The molecule has 0 spiro atoms. The second kappa shape index (κ2) is 8.28. The monoisotopic (exact) mass is 161 g/mol. The van der Waals surface area contributed by atoms with Crippen LogP contribution in [0.25, 0.3) is 0 Å². The van der Waals surface area contributed by atoms with Gasteiger partial charge in [-0.2, -0.15) is 0 Å². The normalized spacial score (nSPS) is 6.91. The van der Waals surface area contributed by atoms with Gasteiger partial charge in [0.05, 0.1) is 0 Å². The molecule has 6 nitrogen and oxygen atoms in total. The van der Waals surface area contributed by atoms with Crippen LogP contribution in [0.15, 0.2) is 12.7 Å². The molecular weight excluding hydrogens is 150 g/mol. The Morgan fingerprint density at radius 1 is 1.36 bits per heavy atom. The van der Waals surface area contributed by atoms with E-state index in [0.717, 1.165) is 0 Å². The molecule has 3 amide bonds. The Labute approximate surface area is 64.0 Å². The van der Waals surface area contributed by atoms with Crippen molar-refractivity contribution < 1.29 is 14.3 Å². The number of carbonyl (C=O) groups is 2. The molecule has 0 aliphatic heterocycles. The molecule has 0 saturated heterocycles. The van der Waals surface area contributed by atoms with E-state index in [9.17, 15) is 4.79 Å². The van der Waals surface area contributed by atoms with Crippen molar-refractivity contribution in [1.29, 1.82) is 0 Å². The first kappa shape index (κ1) is 12.0. The number of hydrogen-bond donors (Lipinski definition) is 3. The summed E-state index contributed by atoms with van der Waals surface area (Å²) in [5.74, 6) is 0. The van der Waals surface area contributed by atoms with Gasteiger partial charge in [0.1, 0.15) is 6.61 Å². The molecule has 11 heavy (non-hydrogen) atoms. The zero-order valence-corrected chi connectivity index (χ0v) is 5.95. The predicted octanol–water partition coefficient (Wildman–Crippen LogP) is -0.708. The van der Waals surface area contributed by atoms with E-state index in [1.807, 2.05) is 0 Å². The van der Waals surface area contributed by atoms with Crippen LogP contribution < -0.4 is 17.2 Å². The summed E-state index contributed by atoms with van der Waals surface area (Å²) >= 11 is 0. The van der Waals surface area contributed by atoms with Crippen LogP contribution >= 0.6 is 0 Å². The van der Waals surface area contributed by atoms with Gasteiger partial charge in [-0.3, -0.25) is 0 Å². The summed E-state index contributed by atoms with van der Waals surface area (Å²) < 4.78 is 4.21. The number of amides is 3. The Morgan fingerprint density at radius 3 is 1.82 bits per heavy atom. The summed E-state index contributed by atoms with van der Waals surface area (Å²) in [5, 5.41) is 0. The van der Waals surface area contributed by atoms with Crippen molar-refractivity contribution in [2.75, 3.05) is 6.61 Å². The van der Waals surface area contributed by atoms with Crippen molar-refractivity contribution in [2.24, 2.45) is 17.2 Å². The van der Waals surface area contributed by atoms with E-state index in [4.69, 9.17) is 4.79 Å². The Balaban J connectivity index is 0. The number of hydrogen-bond acceptors (Lipinski definition) is 3. The minimum Gasteiger partial charge on any atom is -0.445 e. The molecule has 0 aromatic carbocycles. The molecule has 0 saturated carbocycles. The fourth-order valence-corrected chi connectivity index (χ4v) is 0.141. The molecule has 0 bridgehead atoms. The number of rotatable bonds is 2. The molecule has 0 aliphatic carbocycles. The summed E-state index contributed by atoms with van der Waals surface area (Å²) in [6.07, 6.45) is 0.685. The predicted molar refractivity (Wildman–Crippen MR) is 39.5 cm³/mol. The van der Waals surface area contributed by atoms with E-state index in [0.29, 0.717) is 0 Å². The smallest absolute Gasteiger partial charge is 0.404 e. The third-order valence-corrected chi connectivity index (χ3v) is 0.343. The fourth-order valence-electron chi connectivity index (χ4n) is 0.141. The molecule has 64 valence electrons.